The van der Waals surface area contributed by atoms with Crippen molar-refractivity contribution in [2.75, 3.05) is 0 Å². The SMILES string of the molecule is CC(=O)C[C@@H]1CCC(c2ccc(Br)cc2)c2ccccc21. The summed E-state index contributed by atoms with van der Waals surface area (Å²) in [7, 11) is 0. The third kappa shape index (κ3) is 3.11. The first kappa shape index (κ1) is 14.5. The summed E-state index contributed by atoms with van der Waals surface area (Å²) in [6, 6.07) is 17.3. The second kappa shape index (κ2) is 6.15. The third-order valence-corrected chi connectivity index (χ3v) is 4.95. The third-order valence-electron chi connectivity index (χ3n) is 4.42. The van der Waals surface area contributed by atoms with Crippen molar-refractivity contribution in [3.05, 3.63) is 69.7 Å². The van der Waals surface area contributed by atoms with Crippen LogP contribution in [0.3, 0.4) is 0 Å². The average molecular weight is 343 g/mol. The van der Waals surface area contributed by atoms with Gasteiger partial charge in [0.1, 0.15) is 5.78 Å². The van der Waals surface area contributed by atoms with E-state index in [-0.39, 0.29) is 5.78 Å². The lowest BCUT2D eigenvalue weighted by atomic mass is 9.73. The monoisotopic (exact) mass is 342 g/mol. The van der Waals surface area contributed by atoms with E-state index < -0.39 is 0 Å². The summed E-state index contributed by atoms with van der Waals surface area (Å²) in [5.41, 5.74) is 4.14. The zero-order valence-corrected chi connectivity index (χ0v) is 13.8. The first-order chi connectivity index (χ1) is 10.1. The molecule has 2 aromatic rings. The highest BCUT2D eigenvalue weighted by Gasteiger charge is 2.28. The van der Waals surface area contributed by atoms with Crippen LogP contribution in [-0.2, 0) is 4.79 Å². The van der Waals surface area contributed by atoms with E-state index in [2.05, 4.69) is 64.5 Å². The second-order valence-electron chi connectivity index (χ2n) is 5.91. The molecule has 21 heavy (non-hydrogen) atoms. The highest BCUT2D eigenvalue weighted by Crippen LogP contribution is 2.43. The summed E-state index contributed by atoms with van der Waals surface area (Å²) >= 11 is 3.50. The van der Waals surface area contributed by atoms with Crippen molar-refractivity contribution < 1.29 is 4.79 Å². The van der Waals surface area contributed by atoms with Crippen LogP contribution in [0.1, 0.15) is 54.7 Å². The van der Waals surface area contributed by atoms with Crippen molar-refractivity contribution in [1.29, 1.82) is 0 Å². The lowest BCUT2D eigenvalue weighted by Crippen LogP contribution is -2.17. The number of hydrogen-bond donors (Lipinski definition) is 0. The Morgan fingerprint density at radius 3 is 2.38 bits per heavy atom. The molecule has 0 N–H and O–H groups in total. The molecule has 0 amide bonds. The Bertz CT molecular complexity index is 645. The van der Waals surface area contributed by atoms with Crippen molar-refractivity contribution in [3.8, 4) is 0 Å². The van der Waals surface area contributed by atoms with E-state index in [9.17, 15) is 4.79 Å². The van der Waals surface area contributed by atoms with E-state index in [1.54, 1.807) is 6.92 Å². The molecule has 1 unspecified atom stereocenters. The number of ketones is 1. The summed E-state index contributed by atoms with van der Waals surface area (Å²) in [5.74, 6) is 1.14. The summed E-state index contributed by atoms with van der Waals surface area (Å²) in [6.45, 7) is 1.70. The average Bonchev–Trinajstić information content (AvgIpc) is 2.48. The highest BCUT2D eigenvalue weighted by atomic mass is 79.9. The zero-order valence-electron chi connectivity index (χ0n) is 12.2. The van der Waals surface area contributed by atoms with E-state index in [0.29, 0.717) is 18.3 Å². The smallest absolute Gasteiger partial charge is 0.130 e. The molecule has 1 nitrogen and oxygen atoms in total. The number of rotatable bonds is 3. The maximum atomic E-state index is 11.5. The van der Waals surface area contributed by atoms with Gasteiger partial charge in [0.25, 0.3) is 0 Å². The van der Waals surface area contributed by atoms with Crippen LogP contribution in [0.25, 0.3) is 0 Å². The zero-order chi connectivity index (χ0) is 14.8. The van der Waals surface area contributed by atoms with Crippen LogP contribution in [0, 0.1) is 0 Å². The van der Waals surface area contributed by atoms with Crippen molar-refractivity contribution in [2.45, 2.75) is 38.0 Å². The molecule has 0 fully saturated rings. The Labute approximate surface area is 134 Å². The molecule has 0 bridgehead atoms. The first-order valence-corrected chi connectivity index (χ1v) is 8.28. The number of carbonyl (C=O) groups excluding carboxylic acids is 1. The fraction of sp³-hybridized carbons (Fsp3) is 0.316. The molecular formula is C19H19BrO. The van der Waals surface area contributed by atoms with E-state index in [1.165, 1.54) is 16.7 Å². The topological polar surface area (TPSA) is 17.1 Å². The minimum Gasteiger partial charge on any atom is -0.300 e. The summed E-state index contributed by atoms with van der Waals surface area (Å²) in [6.07, 6.45) is 2.89. The van der Waals surface area contributed by atoms with Crippen LogP contribution < -0.4 is 0 Å². The Morgan fingerprint density at radius 1 is 1.05 bits per heavy atom. The van der Waals surface area contributed by atoms with Crippen LogP contribution >= 0.6 is 15.9 Å². The number of halogens is 1. The van der Waals surface area contributed by atoms with Gasteiger partial charge in [-0.05, 0) is 54.5 Å². The molecule has 0 radical (unpaired) electrons. The Kier molecular flexibility index (Phi) is 4.25. The van der Waals surface area contributed by atoms with Gasteiger partial charge in [-0.3, -0.25) is 0 Å². The molecular weight excluding hydrogens is 324 g/mol. The number of carbonyl (C=O) groups is 1. The van der Waals surface area contributed by atoms with E-state index >= 15 is 0 Å². The van der Waals surface area contributed by atoms with Gasteiger partial charge in [0, 0.05) is 16.8 Å². The minimum atomic E-state index is 0.289. The van der Waals surface area contributed by atoms with Gasteiger partial charge in [-0.25, -0.2) is 0 Å². The molecule has 0 aliphatic heterocycles. The van der Waals surface area contributed by atoms with Gasteiger partial charge in [-0.15, -0.1) is 0 Å². The van der Waals surface area contributed by atoms with Crippen molar-refractivity contribution in [2.24, 2.45) is 0 Å². The fourth-order valence-corrected chi connectivity index (χ4v) is 3.74. The molecule has 1 aliphatic rings. The molecule has 2 atom stereocenters. The lowest BCUT2D eigenvalue weighted by Gasteiger charge is -2.31. The molecule has 108 valence electrons. The van der Waals surface area contributed by atoms with E-state index in [4.69, 9.17) is 0 Å². The predicted molar refractivity (Wildman–Crippen MR) is 89.7 cm³/mol. The van der Waals surface area contributed by atoms with E-state index in [0.717, 1.165) is 17.3 Å². The molecule has 0 saturated carbocycles. The van der Waals surface area contributed by atoms with Crippen molar-refractivity contribution >= 4 is 21.7 Å². The normalized spacial score (nSPS) is 20.9. The minimum absolute atomic E-state index is 0.289. The van der Waals surface area contributed by atoms with Crippen LogP contribution in [0.4, 0.5) is 0 Å². The predicted octanol–water partition coefficient (Wildman–Crippen LogP) is 5.44. The van der Waals surface area contributed by atoms with Gasteiger partial charge >= 0.3 is 0 Å². The molecule has 1 aliphatic carbocycles. The molecule has 3 rings (SSSR count). The summed E-state index contributed by atoms with van der Waals surface area (Å²) in [5, 5.41) is 0. The number of fused-ring (bicyclic) bond motifs is 1. The quantitative estimate of drug-likeness (QED) is 0.725. The van der Waals surface area contributed by atoms with Crippen molar-refractivity contribution in [3.63, 3.8) is 0 Å². The van der Waals surface area contributed by atoms with Crippen LogP contribution in [0.2, 0.25) is 0 Å². The van der Waals surface area contributed by atoms with Gasteiger partial charge in [-0.2, -0.15) is 0 Å². The van der Waals surface area contributed by atoms with Gasteiger partial charge < -0.3 is 4.79 Å². The van der Waals surface area contributed by atoms with Gasteiger partial charge in [-0.1, -0.05) is 52.3 Å². The van der Waals surface area contributed by atoms with Crippen molar-refractivity contribution in [1.82, 2.24) is 0 Å². The number of Topliss-reactive ketones (excluding diaryl/α,β-unsaturated/α-hetero) is 1. The Morgan fingerprint density at radius 2 is 1.71 bits per heavy atom. The first-order valence-electron chi connectivity index (χ1n) is 7.49. The summed E-state index contributed by atoms with van der Waals surface area (Å²) in [4.78, 5) is 11.5. The molecule has 0 spiro atoms. The molecule has 0 saturated heterocycles. The lowest BCUT2D eigenvalue weighted by molar-refractivity contribution is -0.117. The van der Waals surface area contributed by atoms with Gasteiger partial charge in [0.15, 0.2) is 0 Å². The van der Waals surface area contributed by atoms with Gasteiger partial charge in [0.2, 0.25) is 0 Å². The van der Waals surface area contributed by atoms with Crippen LogP contribution in [0.15, 0.2) is 53.0 Å². The van der Waals surface area contributed by atoms with E-state index in [1.807, 2.05) is 0 Å². The standard InChI is InChI=1S/C19H19BrO/c1-13(21)12-15-8-11-18(14-6-9-16(20)10-7-14)19-5-3-2-4-17(15)19/h2-7,9-10,15,18H,8,11-12H2,1H3/t15-,18?/m0/s1. The second-order valence-corrected chi connectivity index (χ2v) is 6.83. The number of benzene rings is 2. The maximum absolute atomic E-state index is 11.5. The summed E-state index contributed by atoms with van der Waals surface area (Å²) < 4.78 is 1.12. The molecule has 2 heteroatoms. The molecule has 0 heterocycles. The van der Waals surface area contributed by atoms with Crippen LogP contribution in [-0.4, -0.2) is 5.78 Å². The fourth-order valence-electron chi connectivity index (χ4n) is 3.48. The highest BCUT2D eigenvalue weighted by molar-refractivity contribution is 9.10. The maximum Gasteiger partial charge on any atom is 0.130 e. The van der Waals surface area contributed by atoms with Gasteiger partial charge in [0.05, 0.1) is 0 Å². The Balaban J connectivity index is 1.97. The number of hydrogen-bond acceptors (Lipinski definition) is 1. The molecule has 2 aromatic carbocycles. The largest absolute Gasteiger partial charge is 0.300 e. The molecule has 0 aromatic heterocycles. The van der Waals surface area contributed by atoms with Crippen LogP contribution in [0.5, 0.6) is 0 Å². The Hall–Kier alpha value is -1.41.